The minimum atomic E-state index is -0.676. The van der Waals surface area contributed by atoms with E-state index >= 15 is 0 Å². The Morgan fingerprint density at radius 3 is 1.83 bits per heavy atom. The molecule has 1 unspecified atom stereocenters. The lowest BCUT2D eigenvalue weighted by atomic mass is 10.0. The predicted molar refractivity (Wildman–Crippen MR) is 119 cm³/mol. The Morgan fingerprint density at radius 2 is 1.28 bits per heavy atom. The zero-order valence-electron chi connectivity index (χ0n) is 18.2. The summed E-state index contributed by atoms with van der Waals surface area (Å²) in [5.74, 6) is -0.676. The molecule has 0 spiro atoms. The second-order valence-corrected chi connectivity index (χ2v) is 8.11. The first kappa shape index (κ1) is 25.6. The topological polar surface area (TPSA) is 66.8 Å². The van der Waals surface area contributed by atoms with Crippen molar-refractivity contribution in [3.05, 3.63) is 35.9 Å². The minimum Gasteiger partial charge on any atom is -0.481 e. The summed E-state index contributed by atoms with van der Waals surface area (Å²) >= 11 is 0. The maximum atomic E-state index is 10.5. The highest BCUT2D eigenvalue weighted by Gasteiger charge is 2.09. The van der Waals surface area contributed by atoms with Crippen molar-refractivity contribution in [2.24, 2.45) is 0 Å². The van der Waals surface area contributed by atoms with Gasteiger partial charge in [0.25, 0.3) is 0 Å². The van der Waals surface area contributed by atoms with Crippen molar-refractivity contribution in [3.63, 3.8) is 0 Å². The fourth-order valence-corrected chi connectivity index (χ4v) is 3.65. The number of ether oxygens (including phenoxy) is 1. The lowest BCUT2D eigenvalue weighted by molar-refractivity contribution is -0.137. The van der Waals surface area contributed by atoms with Crippen LogP contribution in [0.1, 0.15) is 102 Å². The summed E-state index contributed by atoms with van der Waals surface area (Å²) in [7, 11) is 0. The number of carboxylic acids is 1. The van der Waals surface area contributed by atoms with Gasteiger partial charge in [-0.1, -0.05) is 94.5 Å². The molecule has 0 aliphatic rings. The molecule has 4 nitrogen and oxygen atoms in total. The molecule has 1 rings (SSSR count). The molecule has 0 aromatic heterocycles. The number of carbonyl (C=O) groups is 1. The maximum absolute atomic E-state index is 10.5. The van der Waals surface area contributed by atoms with E-state index in [0.29, 0.717) is 19.1 Å². The minimum absolute atomic E-state index is 0.287. The second kappa shape index (κ2) is 18.6. The quantitative estimate of drug-likeness (QED) is 0.243. The Kier molecular flexibility index (Phi) is 16.5. The van der Waals surface area contributed by atoms with Crippen LogP contribution in [0, 0.1) is 0 Å². The SMILES string of the molecule is O=C(O)CCCCCCCCCCCC(CCCCCO)OCc1ccccc1. The standard InChI is InChI=1S/C25H42O4/c26-21-15-9-13-19-24(29-22-23-16-10-8-11-17-23)18-12-6-4-2-1-3-5-7-14-20-25(27)28/h8,10-11,16-17,24,26H,1-7,9,12-15,18-22H2,(H,27,28). The van der Waals surface area contributed by atoms with Gasteiger partial charge in [-0.3, -0.25) is 4.79 Å². The Labute approximate surface area is 177 Å². The number of carboxylic acid groups (broad SMARTS) is 1. The number of hydrogen-bond donors (Lipinski definition) is 2. The molecule has 0 bridgehead atoms. The summed E-state index contributed by atoms with van der Waals surface area (Å²) < 4.78 is 6.20. The number of unbranched alkanes of at least 4 members (excludes halogenated alkanes) is 10. The third kappa shape index (κ3) is 16.1. The van der Waals surface area contributed by atoms with Gasteiger partial charge in [0.1, 0.15) is 0 Å². The first-order valence-corrected chi connectivity index (χ1v) is 11.7. The van der Waals surface area contributed by atoms with Gasteiger partial charge >= 0.3 is 5.97 Å². The third-order valence-electron chi connectivity index (χ3n) is 5.43. The molecule has 0 amide bonds. The number of aliphatic carboxylic acids is 1. The molecular weight excluding hydrogens is 364 g/mol. The molecule has 1 atom stereocenters. The molecule has 0 heterocycles. The first-order valence-electron chi connectivity index (χ1n) is 11.7. The van der Waals surface area contributed by atoms with E-state index in [-0.39, 0.29) is 6.61 Å². The van der Waals surface area contributed by atoms with E-state index in [4.69, 9.17) is 14.9 Å². The summed E-state index contributed by atoms with van der Waals surface area (Å²) in [5.41, 5.74) is 1.23. The van der Waals surface area contributed by atoms with Crippen LogP contribution in [0.15, 0.2) is 30.3 Å². The van der Waals surface area contributed by atoms with E-state index in [0.717, 1.165) is 51.4 Å². The van der Waals surface area contributed by atoms with E-state index in [1.165, 1.54) is 44.1 Å². The highest BCUT2D eigenvalue weighted by Crippen LogP contribution is 2.18. The first-order chi connectivity index (χ1) is 14.2. The molecule has 1 aromatic rings. The molecular formula is C25H42O4. The third-order valence-corrected chi connectivity index (χ3v) is 5.43. The Hall–Kier alpha value is -1.39. The molecule has 2 N–H and O–H groups in total. The van der Waals surface area contributed by atoms with Crippen molar-refractivity contribution in [1.29, 1.82) is 0 Å². The van der Waals surface area contributed by atoms with Crippen molar-refractivity contribution in [1.82, 2.24) is 0 Å². The maximum Gasteiger partial charge on any atom is 0.303 e. The van der Waals surface area contributed by atoms with Crippen LogP contribution >= 0.6 is 0 Å². The van der Waals surface area contributed by atoms with Gasteiger partial charge in [-0.2, -0.15) is 0 Å². The molecule has 0 saturated heterocycles. The van der Waals surface area contributed by atoms with Gasteiger partial charge in [0.2, 0.25) is 0 Å². The monoisotopic (exact) mass is 406 g/mol. The van der Waals surface area contributed by atoms with Gasteiger partial charge in [0, 0.05) is 13.0 Å². The summed E-state index contributed by atoms with van der Waals surface area (Å²) in [6, 6.07) is 10.4. The van der Waals surface area contributed by atoms with E-state index in [9.17, 15) is 4.79 Å². The smallest absolute Gasteiger partial charge is 0.303 e. The van der Waals surface area contributed by atoms with Crippen LogP contribution in [0.2, 0.25) is 0 Å². The van der Waals surface area contributed by atoms with Crippen LogP contribution in [0.25, 0.3) is 0 Å². The Morgan fingerprint density at radius 1 is 0.759 bits per heavy atom. The van der Waals surface area contributed by atoms with Crippen molar-refractivity contribution < 1.29 is 19.7 Å². The van der Waals surface area contributed by atoms with E-state index in [2.05, 4.69) is 24.3 Å². The van der Waals surface area contributed by atoms with Crippen molar-refractivity contribution in [3.8, 4) is 0 Å². The molecule has 0 aliphatic carbocycles. The fourth-order valence-electron chi connectivity index (χ4n) is 3.65. The average molecular weight is 407 g/mol. The highest BCUT2D eigenvalue weighted by molar-refractivity contribution is 5.66. The summed E-state index contributed by atoms with van der Waals surface area (Å²) in [4.78, 5) is 10.5. The van der Waals surface area contributed by atoms with Crippen LogP contribution in [0.4, 0.5) is 0 Å². The van der Waals surface area contributed by atoms with Gasteiger partial charge in [-0.05, 0) is 31.2 Å². The van der Waals surface area contributed by atoms with E-state index in [1.807, 2.05) is 6.07 Å². The van der Waals surface area contributed by atoms with E-state index < -0.39 is 5.97 Å². The predicted octanol–water partition coefficient (Wildman–Crippen LogP) is 6.50. The van der Waals surface area contributed by atoms with Crippen molar-refractivity contribution in [2.75, 3.05) is 6.61 Å². The van der Waals surface area contributed by atoms with Gasteiger partial charge in [-0.25, -0.2) is 0 Å². The number of hydrogen-bond acceptors (Lipinski definition) is 3. The molecule has 4 heteroatoms. The number of aliphatic hydroxyl groups is 1. The number of rotatable bonds is 20. The lowest BCUT2D eigenvalue weighted by Crippen LogP contribution is -2.13. The van der Waals surface area contributed by atoms with Crippen LogP contribution in [-0.2, 0) is 16.1 Å². The van der Waals surface area contributed by atoms with Gasteiger partial charge in [0.15, 0.2) is 0 Å². The molecule has 29 heavy (non-hydrogen) atoms. The average Bonchev–Trinajstić information content (AvgIpc) is 2.73. The summed E-state index contributed by atoms with van der Waals surface area (Å²) in [5, 5.41) is 17.6. The molecule has 0 saturated carbocycles. The Bertz CT molecular complexity index is 489. The number of benzene rings is 1. The van der Waals surface area contributed by atoms with Gasteiger partial charge in [0.05, 0.1) is 12.7 Å². The molecule has 166 valence electrons. The molecule has 1 aromatic carbocycles. The Balaban J connectivity index is 2.08. The number of aliphatic hydroxyl groups excluding tert-OH is 1. The van der Waals surface area contributed by atoms with Gasteiger partial charge < -0.3 is 14.9 Å². The molecule has 0 radical (unpaired) electrons. The zero-order valence-corrected chi connectivity index (χ0v) is 18.2. The normalized spacial score (nSPS) is 12.2. The van der Waals surface area contributed by atoms with Crippen molar-refractivity contribution >= 4 is 5.97 Å². The van der Waals surface area contributed by atoms with Crippen molar-refractivity contribution in [2.45, 2.75) is 109 Å². The van der Waals surface area contributed by atoms with Crippen LogP contribution in [-0.4, -0.2) is 28.9 Å². The van der Waals surface area contributed by atoms with E-state index in [1.54, 1.807) is 0 Å². The lowest BCUT2D eigenvalue weighted by Gasteiger charge is -2.18. The second-order valence-electron chi connectivity index (χ2n) is 8.11. The summed E-state index contributed by atoms with van der Waals surface area (Å²) in [6.45, 7) is 0.975. The highest BCUT2D eigenvalue weighted by atomic mass is 16.5. The fraction of sp³-hybridized carbons (Fsp3) is 0.720. The van der Waals surface area contributed by atoms with Crippen LogP contribution < -0.4 is 0 Å². The van der Waals surface area contributed by atoms with Crippen LogP contribution in [0.5, 0.6) is 0 Å². The van der Waals surface area contributed by atoms with Crippen LogP contribution in [0.3, 0.4) is 0 Å². The van der Waals surface area contributed by atoms with Gasteiger partial charge in [-0.15, -0.1) is 0 Å². The molecule has 0 fully saturated rings. The molecule has 0 aliphatic heterocycles. The largest absolute Gasteiger partial charge is 0.481 e. The zero-order chi connectivity index (χ0) is 21.0. The summed E-state index contributed by atoms with van der Waals surface area (Å²) in [6.07, 6.45) is 16.5.